The molecule has 0 atom stereocenters. The molecule has 1 aromatic heterocycles. The van der Waals surface area contributed by atoms with Crippen molar-refractivity contribution in [1.82, 2.24) is 5.16 Å². The van der Waals surface area contributed by atoms with Gasteiger partial charge in [0.15, 0.2) is 11.3 Å². The van der Waals surface area contributed by atoms with Crippen LogP contribution in [0, 0.1) is 11.3 Å². The summed E-state index contributed by atoms with van der Waals surface area (Å²) in [5, 5.41) is 26.9. The van der Waals surface area contributed by atoms with Gasteiger partial charge in [0.05, 0.1) is 33.8 Å². The Morgan fingerprint density at radius 1 is 1.03 bits per heavy atom. The van der Waals surface area contributed by atoms with Gasteiger partial charge < -0.3 is 20.3 Å². The number of amides is 2. The first kappa shape index (κ1) is 24.9. The first-order chi connectivity index (χ1) is 17.5. The molecule has 0 bridgehead atoms. The van der Waals surface area contributed by atoms with Gasteiger partial charge in [0.25, 0.3) is 5.91 Å². The summed E-state index contributed by atoms with van der Waals surface area (Å²) in [5.41, 5.74) is -1.60. The average Bonchev–Trinajstić information content (AvgIpc) is 3.26. The molecule has 0 saturated carbocycles. The number of alkyl halides is 3. The first-order valence-electron chi connectivity index (χ1n) is 10.5. The van der Waals surface area contributed by atoms with Crippen molar-refractivity contribution < 1.29 is 37.2 Å². The first-order valence-corrected chi connectivity index (χ1v) is 10.5. The van der Waals surface area contributed by atoms with Gasteiger partial charge in [0.1, 0.15) is 0 Å². The van der Waals surface area contributed by atoms with E-state index in [1.165, 1.54) is 49.4 Å². The van der Waals surface area contributed by atoms with Crippen LogP contribution in [0.25, 0.3) is 22.1 Å². The summed E-state index contributed by atoms with van der Waals surface area (Å²) in [5.74, 6) is -2.72. The number of halogens is 3. The maximum absolute atomic E-state index is 13.8. The number of rotatable bonds is 5. The second kappa shape index (κ2) is 9.46. The number of benzene rings is 3. The number of carbonyl (C=O) groups excluding carboxylic acids is 2. The predicted octanol–water partition coefficient (Wildman–Crippen LogP) is 5.29. The fourth-order valence-electron chi connectivity index (χ4n) is 3.66. The Hall–Kier alpha value is -5.18. The Kier molecular flexibility index (Phi) is 6.37. The van der Waals surface area contributed by atoms with Gasteiger partial charge in [0.2, 0.25) is 5.91 Å². The second-order valence-electron chi connectivity index (χ2n) is 7.81. The second-order valence-corrected chi connectivity index (χ2v) is 7.81. The van der Waals surface area contributed by atoms with E-state index in [1.54, 1.807) is 6.07 Å². The molecule has 4 aromatic rings. The molecule has 0 aliphatic carbocycles. The van der Waals surface area contributed by atoms with Crippen LogP contribution in [0.4, 0.5) is 24.5 Å². The van der Waals surface area contributed by atoms with Crippen molar-refractivity contribution >= 4 is 40.1 Å². The zero-order valence-corrected chi connectivity index (χ0v) is 18.8. The van der Waals surface area contributed by atoms with Crippen molar-refractivity contribution in [2.75, 3.05) is 10.6 Å². The van der Waals surface area contributed by atoms with E-state index in [2.05, 4.69) is 15.8 Å². The molecular weight excluding hydrogens is 493 g/mol. The smallest absolute Gasteiger partial charge is 0.417 e. The summed E-state index contributed by atoms with van der Waals surface area (Å²) >= 11 is 0. The Balaban J connectivity index is 1.70. The fourth-order valence-corrected chi connectivity index (χ4v) is 3.66. The summed E-state index contributed by atoms with van der Waals surface area (Å²) in [6.07, 6.45) is -4.73. The average molecular weight is 508 g/mol. The van der Waals surface area contributed by atoms with E-state index in [0.717, 1.165) is 12.1 Å². The van der Waals surface area contributed by atoms with Crippen molar-refractivity contribution in [2.24, 2.45) is 0 Å². The molecule has 0 fully saturated rings. The van der Waals surface area contributed by atoms with E-state index < -0.39 is 29.5 Å². The largest absolute Gasteiger partial charge is 0.478 e. The lowest BCUT2D eigenvalue weighted by atomic mass is 9.97. The topological polar surface area (TPSA) is 145 Å². The Morgan fingerprint density at radius 3 is 2.43 bits per heavy atom. The normalized spacial score (nSPS) is 11.1. The highest BCUT2D eigenvalue weighted by atomic mass is 19.4. The van der Waals surface area contributed by atoms with Crippen LogP contribution >= 0.6 is 0 Å². The number of nitrogens with zero attached hydrogens (tertiary/aromatic N) is 2. The third kappa shape index (κ3) is 5.10. The van der Waals surface area contributed by atoms with Gasteiger partial charge >= 0.3 is 12.1 Å². The molecule has 0 aliphatic rings. The number of carboxylic acid groups (broad SMARTS) is 1. The Labute approximate surface area is 206 Å². The lowest BCUT2D eigenvalue weighted by Gasteiger charge is -2.15. The molecule has 2 amide bonds. The number of nitriles is 1. The van der Waals surface area contributed by atoms with E-state index in [0.29, 0.717) is 0 Å². The monoisotopic (exact) mass is 508 g/mol. The highest BCUT2D eigenvalue weighted by Crippen LogP contribution is 2.39. The van der Waals surface area contributed by atoms with E-state index >= 15 is 0 Å². The van der Waals surface area contributed by atoms with Crippen LogP contribution < -0.4 is 10.6 Å². The molecule has 0 aliphatic heterocycles. The number of fused-ring (bicyclic) bond motifs is 1. The van der Waals surface area contributed by atoms with Gasteiger partial charge in [-0.1, -0.05) is 17.3 Å². The summed E-state index contributed by atoms with van der Waals surface area (Å²) in [6, 6.07) is 12.8. The number of hydrogen-bond acceptors (Lipinski definition) is 6. The zero-order chi connectivity index (χ0) is 26.9. The molecule has 1 heterocycles. The van der Waals surface area contributed by atoms with Crippen LogP contribution in [0.2, 0.25) is 0 Å². The third-order valence-electron chi connectivity index (χ3n) is 5.27. The minimum atomic E-state index is -4.73. The molecule has 0 unspecified atom stereocenters. The van der Waals surface area contributed by atoms with E-state index in [4.69, 9.17) is 9.78 Å². The number of anilines is 2. The molecule has 0 radical (unpaired) electrons. The maximum atomic E-state index is 13.8. The van der Waals surface area contributed by atoms with Gasteiger partial charge in [0, 0.05) is 12.6 Å². The van der Waals surface area contributed by atoms with Crippen molar-refractivity contribution in [1.29, 1.82) is 5.26 Å². The van der Waals surface area contributed by atoms with E-state index in [1.807, 2.05) is 0 Å². The van der Waals surface area contributed by atoms with Crippen LogP contribution in [-0.4, -0.2) is 28.0 Å². The van der Waals surface area contributed by atoms with Gasteiger partial charge in [-0.2, -0.15) is 18.4 Å². The number of hydrogen-bond donors (Lipinski definition) is 3. The highest BCUT2D eigenvalue weighted by molar-refractivity contribution is 6.12. The molecule has 12 heteroatoms. The number of carboxylic acids is 1. The molecule has 0 spiro atoms. The van der Waals surface area contributed by atoms with E-state index in [-0.39, 0.29) is 50.3 Å². The lowest BCUT2D eigenvalue weighted by molar-refractivity contribution is -0.137. The molecule has 186 valence electrons. The van der Waals surface area contributed by atoms with Gasteiger partial charge in [-0.05, 0) is 53.6 Å². The molecular formula is C25H15F3N4O5. The summed E-state index contributed by atoms with van der Waals surface area (Å²) < 4.78 is 46.5. The predicted molar refractivity (Wildman–Crippen MR) is 125 cm³/mol. The van der Waals surface area contributed by atoms with Crippen LogP contribution in [0.3, 0.4) is 0 Å². The minimum Gasteiger partial charge on any atom is -0.478 e. The maximum Gasteiger partial charge on any atom is 0.417 e. The SMILES string of the molecule is CC(=O)Nc1ccc(-c2ccc3c(C(=O)Nc4ccc(C#N)cc4C(=O)O)noc3c2)c(C(F)(F)F)c1. The van der Waals surface area contributed by atoms with Gasteiger partial charge in [-0.3, -0.25) is 9.59 Å². The Bertz CT molecular complexity index is 1620. The van der Waals surface area contributed by atoms with Crippen LogP contribution in [0.15, 0.2) is 59.1 Å². The standard InChI is InChI=1S/C25H15F3N4O5/c1-12(33)30-15-4-6-16(19(10-15)25(26,27)28)14-3-5-17-21(9-14)37-32-22(17)23(34)31-20-7-2-13(11-29)8-18(20)24(35)36/h2-10H,1H3,(H,30,33)(H,31,34)(H,35,36). The molecule has 4 rings (SSSR count). The van der Waals surface area contributed by atoms with Crippen molar-refractivity contribution in [3.63, 3.8) is 0 Å². The molecule has 3 aromatic carbocycles. The minimum absolute atomic E-state index is 0.0139. The van der Waals surface area contributed by atoms with Gasteiger partial charge in [-0.25, -0.2) is 4.79 Å². The summed E-state index contributed by atoms with van der Waals surface area (Å²) in [7, 11) is 0. The number of nitrogens with one attached hydrogen (secondary N) is 2. The van der Waals surface area contributed by atoms with Crippen LogP contribution in [0.5, 0.6) is 0 Å². The molecule has 0 saturated heterocycles. The number of aromatic nitrogens is 1. The summed E-state index contributed by atoms with van der Waals surface area (Å²) in [4.78, 5) is 35.6. The van der Waals surface area contributed by atoms with Crippen LogP contribution in [-0.2, 0) is 11.0 Å². The van der Waals surface area contributed by atoms with Crippen molar-refractivity contribution in [2.45, 2.75) is 13.1 Å². The Morgan fingerprint density at radius 2 is 1.78 bits per heavy atom. The number of carbonyl (C=O) groups is 3. The van der Waals surface area contributed by atoms with Crippen molar-refractivity contribution in [3.8, 4) is 17.2 Å². The zero-order valence-electron chi connectivity index (χ0n) is 18.8. The summed E-state index contributed by atoms with van der Waals surface area (Å²) in [6.45, 7) is 1.18. The fraction of sp³-hybridized carbons (Fsp3) is 0.0800. The quantitative estimate of drug-likeness (QED) is 0.332. The molecule has 37 heavy (non-hydrogen) atoms. The van der Waals surface area contributed by atoms with Crippen LogP contribution in [0.1, 0.15) is 38.9 Å². The molecule has 9 nitrogen and oxygen atoms in total. The lowest BCUT2D eigenvalue weighted by Crippen LogP contribution is -2.15. The molecule has 3 N–H and O–H groups in total. The van der Waals surface area contributed by atoms with Crippen molar-refractivity contribution in [3.05, 3.63) is 77.0 Å². The number of aromatic carboxylic acids is 1. The van der Waals surface area contributed by atoms with E-state index in [9.17, 15) is 32.7 Å². The van der Waals surface area contributed by atoms with Gasteiger partial charge in [-0.15, -0.1) is 0 Å². The highest BCUT2D eigenvalue weighted by Gasteiger charge is 2.34. The third-order valence-corrected chi connectivity index (χ3v) is 5.27.